The van der Waals surface area contributed by atoms with Crippen LogP contribution in [-0.4, -0.2) is 26.4 Å². The summed E-state index contributed by atoms with van der Waals surface area (Å²) in [6, 6.07) is 17.0. The number of halogens is 3. The largest absolute Gasteiger partial charge is 0.497 e. The van der Waals surface area contributed by atoms with Gasteiger partial charge in [0.2, 0.25) is 5.82 Å². The molecule has 0 atom stereocenters. The fourth-order valence-corrected chi connectivity index (χ4v) is 3.26. The standard InChI is InChI=1S/C21H16F3N5O/c1-30-15-9-7-14(8-10-15)17-13-19(28(27-17)12-4-11-25)29-18-6-3-2-5-16(18)26-20(29)21(22,23)24/h2-3,5-10,13H,4,12H2,1H3. The number of aryl methyl sites for hydroxylation is 1. The van der Waals surface area contributed by atoms with E-state index in [9.17, 15) is 13.2 Å². The van der Waals surface area contributed by atoms with E-state index in [-0.39, 0.29) is 24.3 Å². The Hall–Kier alpha value is -3.80. The number of imidazole rings is 1. The molecule has 0 fully saturated rings. The number of methoxy groups -OCH3 is 1. The third-order valence-electron chi connectivity index (χ3n) is 4.62. The van der Waals surface area contributed by atoms with Gasteiger partial charge in [-0.15, -0.1) is 0 Å². The summed E-state index contributed by atoms with van der Waals surface area (Å²) in [5, 5.41) is 13.5. The Labute approximate surface area is 169 Å². The van der Waals surface area contributed by atoms with Crippen LogP contribution >= 0.6 is 0 Å². The molecule has 0 bridgehead atoms. The van der Waals surface area contributed by atoms with Gasteiger partial charge in [-0.3, -0.25) is 4.57 Å². The normalized spacial score (nSPS) is 11.6. The molecule has 2 aromatic heterocycles. The zero-order chi connectivity index (χ0) is 21.3. The lowest BCUT2D eigenvalue weighted by Crippen LogP contribution is -2.17. The van der Waals surface area contributed by atoms with Gasteiger partial charge >= 0.3 is 6.18 Å². The Balaban J connectivity index is 1.94. The van der Waals surface area contributed by atoms with E-state index in [2.05, 4.69) is 10.1 Å². The van der Waals surface area contributed by atoms with E-state index in [0.29, 0.717) is 22.5 Å². The van der Waals surface area contributed by atoms with E-state index >= 15 is 0 Å². The van der Waals surface area contributed by atoms with Crippen molar-refractivity contribution in [1.82, 2.24) is 19.3 Å². The summed E-state index contributed by atoms with van der Waals surface area (Å²) >= 11 is 0. The van der Waals surface area contributed by atoms with Gasteiger partial charge in [0, 0.05) is 11.6 Å². The Morgan fingerprint density at radius 1 is 1.10 bits per heavy atom. The number of nitrogens with zero attached hydrogens (tertiary/aromatic N) is 5. The molecule has 4 rings (SSSR count). The Kier molecular flexibility index (Phi) is 4.91. The number of alkyl halides is 3. The molecule has 4 aromatic rings. The Morgan fingerprint density at radius 3 is 2.50 bits per heavy atom. The van der Waals surface area contributed by atoms with E-state index in [4.69, 9.17) is 10.00 Å². The first-order valence-electron chi connectivity index (χ1n) is 9.06. The van der Waals surface area contributed by atoms with Gasteiger partial charge in [0.25, 0.3) is 0 Å². The summed E-state index contributed by atoms with van der Waals surface area (Å²) in [5.41, 5.74) is 1.73. The van der Waals surface area contributed by atoms with Gasteiger partial charge in [-0.2, -0.15) is 23.5 Å². The molecule has 0 aliphatic carbocycles. The predicted molar refractivity (Wildman–Crippen MR) is 104 cm³/mol. The summed E-state index contributed by atoms with van der Waals surface area (Å²) in [4.78, 5) is 3.80. The number of nitriles is 1. The molecule has 0 aliphatic heterocycles. The minimum absolute atomic E-state index is 0.102. The second-order valence-corrected chi connectivity index (χ2v) is 6.50. The minimum Gasteiger partial charge on any atom is -0.497 e. The van der Waals surface area contributed by atoms with Crippen molar-refractivity contribution < 1.29 is 17.9 Å². The smallest absolute Gasteiger partial charge is 0.450 e. The molecule has 30 heavy (non-hydrogen) atoms. The quantitative estimate of drug-likeness (QED) is 0.472. The van der Waals surface area contributed by atoms with Gasteiger partial charge in [-0.05, 0) is 36.4 Å². The van der Waals surface area contributed by atoms with Crippen LogP contribution in [0, 0.1) is 11.3 Å². The van der Waals surface area contributed by atoms with E-state index < -0.39 is 12.0 Å². The summed E-state index contributed by atoms with van der Waals surface area (Å²) in [6.07, 6.45) is -4.56. The predicted octanol–water partition coefficient (Wildman–Crippen LogP) is 4.83. The van der Waals surface area contributed by atoms with Crippen LogP contribution in [0.3, 0.4) is 0 Å². The first-order valence-corrected chi connectivity index (χ1v) is 9.06. The summed E-state index contributed by atoms with van der Waals surface area (Å²) in [7, 11) is 1.55. The SMILES string of the molecule is COc1ccc(-c2cc(-n3c(C(F)(F)F)nc4ccccc43)n(CCC#N)n2)cc1. The van der Waals surface area contributed by atoms with Crippen molar-refractivity contribution in [2.75, 3.05) is 7.11 Å². The molecule has 2 aromatic carbocycles. The third kappa shape index (κ3) is 3.48. The molecular weight excluding hydrogens is 395 g/mol. The summed E-state index contributed by atoms with van der Waals surface area (Å²) < 4.78 is 49.0. The second kappa shape index (κ2) is 7.55. The number of fused-ring (bicyclic) bond motifs is 1. The van der Waals surface area contributed by atoms with Gasteiger partial charge in [0.15, 0.2) is 0 Å². The van der Waals surface area contributed by atoms with Crippen molar-refractivity contribution in [3.63, 3.8) is 0 Å². The van der Waals surface area contributed by atoms with Crippen molar-refractivity contribution in [1.29, 1.82) is 5.26 Å². The van der Waals surface area contributed by atoms with Gasteiger partial charge in [0.05, 0.1) is 42.9 Å². The van der Waals surface area contributed by atoms with E-state index in [1.165, 1.54) is 10.7 Å². The lowest BCUT2D eigenvalue weighted by Gasteiger charge is -2.12. The average molecular weight is 411 g/mol. The van der Waals surface area contributed by atoms with Crippen LogP contribution in [0.2, 0.25) is 0 Å². The number of aromatic nitrogens is 4. The number of ether oxygens (including phenoxy) is 1. The molecule has 0 unspecified atom stereocenters. The highest BCUT2D eigenvalue weighted by Gasteiger charge is 2.38. The lowest BCUT2D eigenvalue weighted by atomic mass is 10.1. The number of hydrogen-bond acceptors (Lipinski definition) is 4. The number of rotatable bonds is 5. The Bertz CT molecular complexity index is 1230. The number of hydrogen-bond donors (Lipinski definition) is 0. The van der Waals surface area contributed by atoms with Crippen LogP contribution < -0.4 is 4.74 Å². The van der Waals surface area contributed by atoms with Crippen LogP contribution in [0.5, 0.6) is 5.75 Å². The van der Waals surface area contributed by atoms with Crippen molar-refractivity contribution >= 4 is 11.0 Å². The maximum Gasteiger partial charge on any atom is 0.450 e. The molecule has 2 heterocycles. The summed E-state index contributed by atoms with van der Waals surface area (Å²) in [5.74, 6) is -0.192. The molecule has 0 N–H and O–H groups in total. The van der Waals surface area contributed by atoms with Gasteiger partial charge in [-0.1, -0.05) is 12.1 Å². The van der Waals surface area contributed by atoms with Crippen LogP contribution in [0.1, 0.15) is 12.2 Å². The first-order chi connectivity index (χ1) is 14.4. The number of benzene rings is 2. The molecular formula is C21H16F3N5O. The summed E-state index contributed by atoms with van der Waals surface area (Å²) in [6.45, 7) is 0.145. The number of para-hydroxylation sites is 2. The second-order valence-electron chi connectivity index (χ2n) is 6.50. The Morgan fingerprint density at radius 2 is 1.83 bits per heavy atom. The van der Waals surface area contributed by atoms with Crippen molar-refractivity contribution in [2.24, 2.45) is 0 Å². The van der Waals surface area contributed by atoms with Crippen LogP contribution in [0.4, 0.5) is 13.2 Å². The maximum absolute atomic E-state index is 13.8. The highest BCUT2D eigenvalue weighted by Crippen LogP contribution is 2.35. The monoisotopic (exact) mass is 411 g/mol. The molecule has 0 radical (unpaired) electrons. The van der Waals surface area contributed by atoms with Gasteiger partial charge in [0.1, 0.15) is 11.6 Å². The molecule has 0 aliphatic rings. The zero-order valence-corrected chi connectivity index (χ0v) is 15.9. The molecule has 9 heteroatoms. The van der Waals surface area contributed by atoms with E-state index in [1.807, 2.05) is 6.07 Å². The third-order valence-corrected chi connectivity index (χ3v) is 4.62. The molecule has 0 spiro atoms. The van der Waals surface area contributed by atoms with Crippen molar-refractivity contribution in [3.05, 3.63) is 60.4 Å². The lowest BCUT2D eigenvalue weighted by molar-refractivity contribution is -0.145. The van der Waals surface area contributed by atoms with Crippen molar-refractivity contribution in [2.45, 2.75) is 19.1 Å². The highest BCUT2D eigenvalue weighted by atomic mass is 19.4. The molecule has 0 saturated carbocycles. The average Bonchev–Trinajstić information content (AvgIpc) is 3.33. The van der Waals surface area contributed by atoms with E-state index in [1.54, 1.807) is 55.6 Å². The van der Waals surface area contributed by atoms with Crippen LogP contribution in [0.15, 0.2) is 54.6 Å². The fraction of sp³-hybridized carbons (Fsp3) is 0.190. The first kappa shape index (κ1) is 19.5. The molecule has 0 saturated heterocycles. The zero-order valence-electron chi connectivity index (χ0n) is 15.9. The van der Waals surface area contributed by atoms with Crippen LogP contribution in [0.25, 0.3) is 28.1 Å². The van der Waals surface area contributed by atoms with Gasteiger partial charge < -0.3 is 4.74 Å². The molecule has 6 nitrogen and oxygen atoms in total. The minimum atomic E-state index is -4.66. The topological polar surface area (TPSA) is 68.7 Å². The van der Waals surface area contributed by atoms with E-state index in [0.717, 1.165) is 4.57 Å². The van der Waals surface area contributed by atoms with Gasteiger partial charge in [-0.25, -0.2) is 9.67 Å². The molecule has 0 amide bonds. The van der Waals surface area contributed by atoms with Crippen LogP contribution in [-0.2, 0) is 12.7 Å². The fourth-order valence-electron chi connectivity index (χ4n) is 3.26. The maximum atomic E-state index is 13.8. The molecule has 152 valence electrons. The van der Waals surface area contributed by atoms with Crippen molar-refractivity contribution in [3.8, 4) is 28.9 Å². The highest BCUT2D eigenvalue weighted by molar-refractivity contribution is 5.78.